The molecule has 0 aliphatic heterocycles. The van der Waals surface area contributed by atoms with Gasteiger partial charge < -0.3 is 67.2 Å². The van der Waals surface area contributed by atoms with Crippen molar-refractivity contribution in [1.29, 1.82) is 0 Å². The van der Waals surface area contributed by atoms with Crippen molar-refractivity contribution < 1.29 is 83.7 Å². The number of hydrogen-bond donors (Lipinski definition) is 12. The SMILES string of the molecule is O=C(O)CC[C@@H](NC(=O)N[C@H](CCCCN(Cc1ccc(Br)nc1)C(=O)c1ccc(CNC(=O)CCC(C(=O)O)N(CCNCC(=O)O)CCN(CCNCC(=O)O)CC(=O)O)cc1)C(=O)O)C(=O)O. The van der Waals surface area contributed by atoms with E-state index in [4.69, 9.17) is 15.3 Å². The number of nitrogens with zero attached hydrogens (tertiary/aromatic N) is 4. The summed E-state index contributed by atoms with van der Waals surface area (Å²) in [5.74, 6) is -9.73. The quantitative estimate of drug-likeness (QED) is 0.0303. The van der Waals surface area contributed by atoms with Crippen LogP contribution < -0.4 is 26.6 Å². The summed E-state index contributed by atoms with van der Waals surface area (Å²) in [5.41, 5.74) is 1.55. The molecule has 4 amide bonds. The molecule has 0 spiro atoms. The summed E-state index contributed by atoms with van der Waals surface area (Å²) in [6.45, 7) is -0.459. The third kappa shape index (κ3) is 25.0. The number of hydrogen-bond acceptors (Lipinski definition) is 15. The van der Waals surface area contributed by atoms with Gasteiger partial charge in [-0.25, -0.2) is 19.4 Å². The van der Waals surface area contributed by atoms with E-state index < -0.39 is 104 Å². The maximum Gasteiger partial charge on any atom is 0.326 e. The van der Waals surface area contributed by atoms with Crippen molar-refractivity contribution in [3.63, 3.8) is 0 Å². The van der Waals surface area contributed by atoms with E-state index in [1.54, 1.807) is 42.6 Å². The van der Waals surface area contributed by atoms with Gasteiger partial charge >= 0.3 is 47.8 Å². The highest BCUT2D eigenvalue weighted by Crippen LogP contribution is 2.16. The van der Waals surface area contributed by atoms with Crippen molar-refractivity contribution in [2.75, 3.05) is 65.4 Å². The van der Waals surface area contributed by atoms with Crippen LogP contribution in [0.1, 0.15) is 66.4 Å². The molecular weight excluding hydrogens is 994 g/mol. The van der Waals surface area contributed by atoms with E-state index in [2.05, 4.69) is 47.5 Å². The first-order valence-corrected chi connectivity index (χ1v) is 22.7. The Morgan fingerprint density at radius 2 is 1.20 bits per heavy atom. The molecule has 0 saturated carbocycles. The van der Waals surface area contributed by atoms with Gasteiger partial charge in [0.2, 0.25) is 5.91 Å². The maximum atomic E-state index is 13.9. The Hall–Kier alpha value is -6.81. The zero-order valence-corrected chi connectivity index (χ0v) is 39.7. The first-order valence-electron chi connectivity index (χ1n) is 21.9. The Morgan fingerprint density at radius 1 is 0.600 bits per heavy atom. The van der Waals surface area contributed by atoms with Crippen LogP contribution in [0.15, 0.2) is 47.2 Å². The fourth-order valence-electron chi connectivity index (χ4n) is 6.74. The zero-order chi connectivity index (χ0) is 52.2. The Kier molecular flexibility index (Phi) is 27.2. The minimum Gasteiger partial charge on any atom is -0.481 e. The number of carboxylic acid groups (broad SMARTS) is 7. The second-order valence-corrected chi connectivity index (χ2v) is 16.6. The number of benzene rings is 1. The van der Waals surface area contributed by atoms with E-state index in [0.717, 1.165) is 0 Å². The Morgan fingerprint density at radius 3 is 1.74 bits per heavy atom. The molecule has 2 rings (SSSR count). The lowest BCUT2D eigenvalue weighted by molar-refractivity contribution is -0.145. The van der Waals surface area contributed by atoms with Crippen LogP contribution in [-0.2, 0) is 51.4 Å². The second-order valence-electron chi connectivity index (χ2n) is 15.8. The van der Waals surface area contributed by atoms with Crippen LogP contribution in [0.2, 0.25) is 0 Å². The van der Waals surface area contributed by atoms with Gasteiger partial charge in [0.15, 0.2) is 0 Å². The fraction of sp³-hybridized carbons (Fsp3) is 0.512. The summed E-state index contributed by atoms with van der Waals surface area (Å²) in [6, 6.07) is 4.44. The van der Waals surface area contributed by atoms with Crippen molar-refractivity contribution in [2.24, 2.45) is 0 Å². The van der Waals surface area contributed by atoms with E-state index in [9.17, 15) is 68.4 Å². The molecule has 0 saturated heterocycles. The molecule has 3 atom stereocenters. The van der Waals surface area contributed by atoms with Gasteiger partial charge in [-0.3, -0.25) is 43.4 Å². The minimum atomic E-state index is -1.57. The number of carbonyl (C=O) groups excluding carboxylic acids is 3. The number of unbranched alkanes of at least 4 members (excludes halogenated alkanes) is 1. The molecule has 0 bridgehead atoms. The number of amides is 4. The summed E-state index contributed by atoms with van der Waals surface area (Å²) in [7, 11) is 0. The Labute approximate surface area is 409 Å². The van der Waals surface area contributed by atoms with Crippen LogP contribution in [0.25, 0.3) is 0 Å². The van der Waals surface area contributed by atoms with Crippen molar-refractivity contribution in [3.05, 3.63) is 63.9 Å². The molecule has 0 fully saturated rings. The van der Waals surface area contributed by atoms with Crippen molar-refractivity contribution in [2.45, 2.75) is 76.2 Å². The molecule has 70 heavy (non-hydrogen) atoms. The van der Waals surface area contributed by atoms with Gasteiger partial charge in [0.1, 0.15) is 22.7 Å². The van der Waals surface area contributed by atoms with Crippen LogP contribution in [0, 0.1) is 0 Å². The Balaban J connectivity index is 2.08. The lowest BCUT2D eigenvalue weighted by Gasteiger charge is -2.31. The monoisotopic (exact) mass is 1050 g/mol. The number of aliphatic carboxylic acids is 7. The fourth-order valence-corrected chi connectivity index (χ4v) is 6.97. The molecule has 12 N–H and O–H groups in total. The van der Waals surface area contributed by atoms with Crippen LogP contribution in [0.3, 0.4) is 0 Å². The maximum absolute atomic E-state index is 13.9. The molecule has 386 valence electrons. The molecule has 27 heteroatoms. The number of carbonyl (C=O) groups is 10. The number of halogens is 1. The summed E-state index contributed by atoms with van der Waals surface area (Å²) in [5, 5.41) is 77.7. The van der Waals surface area contributed by atoms with Crippen LogP contribution in [0.5, 0.6) is 0 Å². The molecule has 0 aliphatic rings. The predicted molar refractivity (Wildman–Crippen MR) is 248 cm³/mol. The number of pyridine rings is 1. The standard InChI is InChI=1S/C43H60BrN9O17/c44-33-11-6-28(22-47-33)25-53(16-2-1-3-30(40(64)65)49-43(70)50-31(41(66)67)9-13-35(55)56)39(63)29-7-4-27(5-8-29)21-48-34(54)12-10-32(42(68)69)52(18-15-46-24-37(59)60)20-19-51(26-38(61)62)17-14-45-23-36(57)58/h4-8,11,22,30-32,45-46H,1-3,9-10,12-21,23-26H2,(H,48,54)(H,55,56)(H,57,58)(H,59,60)(H,61,62)(H,64,65)(H,66,67)(H,68,69)(H2,49,50,70)/t30-,31-,32?/m1/s1. The highest BCUT2D eigenvalue weighted by molar-refractivity contribution is 9.10. The highest BCUT2D eigenvalue weighted by Gasteiger charge is 2.28. The van der Waals surface area contributed by atoms with E-state index in [-0.39, 0.29) is 103 Å². The first kappa shape index (κ1) is 59.3. The normalized spacial score (nSPS) is 12.3. The number of nitrogens with one attached hydrogen (secondary N) is 5. The summed E-state index contributed by atoms with van der Waals surface area (Å²) >= 11 is 3.27. The number of rotatable bonds is 37. The van der Waals surface area contributed by atoms with Crippen LogP contribution >= 0.6 is 15.9 Å². The van der Waals surface area contributed by atoms with E-state index >= 15 is 0 Å². The number of aromatic nitrogens is 1. The third-order valence-corrected chi connectivity index (χ3v) is 10.8. The average Bonchev–Trinajstić information content (AvgIpc) is 3.29. The molecule has 0 aliphatic carbocycles. The van der Waals surface area contributed by atoms with Gasteiger partial charge in [0.25, 0.3) is 5.91 Å². The van der Waals surface area contributed by atoms with Crippen LogP contribution in [-0.4, -0.2) is 199 Å². The molecule has 26 nitrogen and oxygen atoms in total. The topological polar surface area (TPSA) is 395 Å². The summed E-state index contributed by atoms with van der Waals surface area (Å²) < 4.78 is 0.565. The van der Waals surface area contributed by atoms with Gasteiger partial charge in [-0.05, 0) is 77.4 Å². The van der Waals surface area contributed by atoms with Gasteiger partial charge in [-0.15, -0.1) is 0 Å². The van der Waals surface area contributed by atoms with E-state index in [1.165, 1.54) is 14.7 Å². The van der Waals surface area contributed by atoms with Crippen molar-refractivity contribution >= 4 is 75.6 Å². The average molecular weight is 1050 g/mol. The molecule has 2 aromatic rings. The largest absolute Gasteiger partial charge is 0.481 e. The molecule has 1 unspecified atom stereocenters. The van der Waals surface area contributed by atoms with Gasteiger partial charge in [0, 0.05) is 83.5 Å². The number of urea groups is 1. The van der Waals surface area contributed by atoms with Crippen molar-refractivity contribution in [3.8, 4) is 0 Å². The first-order chi connectivity index (χ1) is 33.1. The van der Waals surface area contributed by atoms with Crippen molar-refractivity contribution in [1.82, 2.24) is 46.3 Å². The predicted octanol–water partition coefficient (Wildman–Crippen LogP) is -0.386. The summed E-state index contributed by atoms with van der Waals surface area (Å²) in [4.78, 5) is 128. The third-order valence-electron chi connectivity index (χ3n) is 10.3. The highest BCUT2D eigenvalue weighted by atomic mass is 79.9. The second kappa shape index (κ2) is 32.1. The molecule has 1 aromatic heterocycles. The zero-order valence-electron chi connectivity index (χ0n) is 38.1. The molecule has 1 heterocycles. The smallest absolute Gasteiger partial charge is 0.326 e. The van der Waals surface area contributed by atoms with Gasteiger partial charge in [-0.1, -0.05) is 18.2 Å². The lowest BCUT2D eigenvalue weighted by atomic mass is 10.1. The number of carboxylic acids is 7. The molecular formula is C43H60BrN9O17. The van der Waals surface area contributed by atoms with Gasteiger partial charge in [-0.2, -0.15) is 0 Å². The van der Waals surface area contributed by atoms with E-state index in [1.807, 2.05) is 0 Å². The lowest BCUT2D eigenvalue weighted by Crippen LogP contribution is -2.51. The van der Waals surface area contributed by atoms with E-state index in [0.29, 0.717) is 15.7 Å². The van der Waals surface area contributed by atoms with Crippen LogP contribution in [0.4, 0.5) is 4.79 Å². The molecule has 0 radical (unpaired) electrons. The van der Waals surface area contributed by atoms with Gasteiger partial charge in [0.05, 0.1) is 19.6 Å². The molecule has 1 aromatic carbocycles. The Bertz CT molecular complexity index is 2080. The minimum absolute atomic E-state index is 0.0122. The summed E-state index contributed by atoms with van der Waals surface area (Å²) in [6.07, 6.45) is 0.591.